The molecule has 0 nitrogen and oxygen atoms in total. The molecule has 0 aliphatic carbocycles. The van der Waals surface area contributed by atoms with Gasteiger partial charge in [-0.3, -0.25) is 0 Å². The minimum absolute atomic E-state index is 0.486. The van der Waals surface area contributed by atoms with E-state index in [1.54, 1.807) is 0 Å². The molecule has 0 aromatic heterocycles. The van der Waals surface area contributed by atoms with Crippen molar-refractivity contribution in [2.45, 2.75) is 45.4 Å². The first kappa shape index (κ1) is 12.6. The summed E-state index contributed by atoms with van der Waals surface area (Å²) < 4.78 is 0. The highest BCUT2D eigenvalue weighted by Gasteiger charge is 2.22. The van der Waals surface area contributed by atoms with Crippen LogP contribution in [0, 0.1) is 5.41 Å². The molecule has 1 aromatic rings. The monoisotopic (exact) mass is 222 g/mol. The Kier molecular flexibility index (Phi) is 4.72. The lowest BCUT2D eigenvalue weighted by Gasteiger charge is -2.21. The van der Waals surface area contributed by atoms with Crippen LogP contribution in [0.3, 0.4) is 0 Å². The van der Waals surface area contributed by atoms with E-state index in [0.717, 1.165) is 0 Å². The van der Waals surface area contributed by atoms with Crippen molar-refractivity contribution >= 4 is 11.8 Å². The molecular formula is C14H22S. The maximum Gasteiger partial charge on any atom is 0.0104 e. The van der Waals surface area contributed by atoms with Crippen molar-refractivity contribution in [1.82, 2.24) is 0 Å². The SMILES string of the molecule is CC.CC1(C)CCSc2ccccc2C1. The van der Waals surface area contributed by atoms with E-state index in [-0.39, 0.29) is 0 Å². The fourth-order valence-electron chi connectivity index (χ4n) is 1.83. The van der Waals surface area contributed by atoms with Gasteiger partial charge in [0, 0.05) is 4.90 Å². The molecule has 0 N–H and O–H groups in total. The summed E-state index contributed by atoms with van der Waals surface area (Å²) >= 11 is 2.01. The molecule has 1 heterocycles. The van der Waals surface area contributed by atoms with Gasteiger partial charge >= 0.3 is 0 Å². The second kappa shape index (κ2) is 5.60. The molecule has 0 unspecified atom stereocenters. The fourth-order valence-corrected chi connectivity index (χ4v) is 3.21. The number of hydrogen-bond acceptors (Lipinski definition) is 1. The van der Waals surface area contributed by atoms with Crippen molar-refractivity contribution in [2.75, 3.05) is 5.75 Å². The zero-order chi connectivity index (χ0) is 11.3. The van der Waals surface area contributed by atoms with Crippen LogP contribution >= 0.6 is 11.8 Å². The first-order chi connectivity index (χ1) is 7.17. The van der Waals surface area contributed by atoms with Gasteiger partial charge in [-0.2, -0.15) is 0 Å². The Labute approximate surface area is 98.5 Å². The van der Waals surface area contributed by atoms with E-state index in [9.17, 15) is 0 Å². The molecule has 0 bridgehead atoms. The molecule has 0 spiro atoms. The summed E-state index contributed by atoms with van der Waals surface area (Å²) in [7, 11) is 0. The van der Waals surface area contributed by atoms with Crippen molar-refractivity contribution in [1.29, 1.82) is 0 Å². The third-order valence-corrected chi connectivity index (χ3v) is 3.80. The van der Waals surface area contributed by atoms with Crippen LogP contribution in [0.25, 0.3) is 0 Å². The van der Waals surface area contributed by atoms with Crippen LogP contribution in [0.15, 0.2) is 29.2 Å². The van der Waals surface area contributed by atoms with Gasteiger partial charge in [0.1, 0.15) is 0 Å². The lowest BCUT2D eigenvalue weighted by Crippen LogP contribution is -2.14. The third-order valence-electron chi connectivity index (χ3n) is 2.68. The second-order valence-corrected chi connectivity index (χ2v) is 5.68. The predicted octanol–water partition coefficient (Wildman–Crippen LogP) is 4.78. The number of rotatable bonds is 0. The van der Waals surface area contributed by atoms with Crippen LogP contribution in [0.2, 0.25) is 0 Å². The lowest BCUT2D eigenvalue weighted by molar-refractivity contribution is 0.353. The van der Waals surface area contributed by atoms with Gasteiger partial charge in [0.25, 0.3) is 0 Å². The zero-order valence-electron chi connectivity index (χ0n) is 10.3. The molecular weight excluding hydrogens is 200 g/mol. The molecule has 0 amide bonds. The van der Waals surface area contributed by atoms with Crippen molar-refractivity contribution < 1.29 is 0 Å². The maximum absolute atomic E-state index is 2.37. The highest BCUT2D eigenvalue weighted by Crippen LogP contribution is 2.37. The molecule has 2 rings (SSSR count). The first-order valence-electron chi connectivity index (χ1n) is 5.88. The number of thioether (sulfide) groups is 1. The van der Waals surface area contributed by atoms with Gasteiger partial charge < -0.3 is 0 Å². The van der Waals surface area contributed by atoms with Crippen molar-refractivity contribution in [3.8, 4) is 0 Å². The fraction of sp³-hybridized carbons (Fsp3) is 0.571. The minimum Gasteiger partial charge on any atom is -0.126 e. The summed E-state index contributed by atoms with van der Waals surface area (Å²) in [6.45, 7) is 8.74. The van der Waals surface area contributed by atoms with Crippen LogP contribution < -0.4 is 0 Å². The number of fused-ring (bicyclic) bond motifs is 1. The van der Waals surface area contributed by atoms with Crippen LogP contribution in [0.4, 0.5) is 0 Å². The Bertz CT molecular complexity index is 302. The van der Waals surface area contributed by atoms with Gasteiger partial charge in [-0.15, -0.1) is 11.8 Å². The molecule has 0 radical (unpaired) electrons. The Morgan fingerprint density at radius 2 is 1.80 bits per heavy atom. The Morgan fingerprint density at radius 3 is 2.53 bits per heavy atom. The van der Waals surface area contributed by atoms with E-state index in [2.05, 4.69) is 38.1 Å². The van der Waals surface area contributed by atoms with Crippen molar-refractivity contribution in [3.63, 3.8) is 0 Å². The number of hydrogen-bond donors (Lipinski definition) is 0. The van der Waals surface area contributed by atoms with Crippen molar-refractivity contribution in [2.24, 2.45) is 5.41 Å². The summed E-state index contributed by atoms with van der Waals surface area (Å²) in [6, 6.07) is 8.82. The third kappa shape index (κ3) is 3.57. The number of benzene rings is 1. The highest BCUT2D eigenvalue weighted by atomic mass is 32.2. The summed E-state index contributed by atoms with van der Waals surface area (Å²) in [6.07, 6.45) is 2.56. The molecule has 0 saturated heterocycles. The van der Waals surface area contributed by atoms with E-state index in [0.29, 0.717) is 5.41 Å². The molecule has 15 heavy (non-hydrogen) atoms. The molecule has 1 aromatic carbocycles. The zero-order valence-corrected chi connectivity index (χ0v) is 11.2. The minimum atomic E-state index is 0.486. The smallest absolute Gasteiger partial charge is 0.0104 e. The van der Waals surface area contributed by atoms with Gasteiger partial charge in [-0.25, -0.2) is 0 Å². The van der Waals surface area contributed by atoms with E-state index in [4.69, 9.17) is 0 Å². The van der Waals surface area contributed by atoms with Gasteiger partial charge in [-0.05, 0) is 35.6 Å². The molecule has 0 fully saturated rings. The van der Waals surface area contributed by atoms with E-state index >= 15 is 0 Å². The van der Waals surface area contributed by atoms with E-state index in [1.807, 2.05) is 25.6 Å². The summed E-state index contributed by atoms with van der Waals surface area (Å²) in [4.78, 5) is 1.49. The molecule has 84 valence electrons. The van der Waals surface area contributed by atoms with Gasteiger partial charge in [0.15, 0.2) is 0 Å². The Hall–Kier alpha value is -0.430. The van der Waals surface area contributed by atoms with Gasteiger partial charge in [0.05, 0.1) is 0 Å². The predicted molar refractivity (Wildman–Crippen MR) is 70.6 cm³/mol. The van der Waals surface area contributed by atoms with Crippen LogP contribution in [-0.2, 0) is 6.42 Å². The van der Waals surface area contributed by atoms with Gasteiger partial charge in [-0.1, -0.05) is 45.9 Å². The molecule has 0 atom stereocenters. The standard InChI is InChI=1S/C12H16S.C2H6/c1-12(2)7-8-13-11-6-4-3-5-10(11)9-12;1-2/h3-6H,7-9H2,1-2H3;1-2H3. The normalized spacial score (nSPS) is 18.1. The van der Waals surface area contributed by atoms with Crippen LogP contribution in [0.5, 0.6) is 0 Å². The highest BCUT2D eigenvalue weighted by molar-refractivity contribution is 7.99. The Balaban J connectivity index is 0.000000531. The van der Waals surface area contributed by atoms with E-state index in [1.165, 1.54) is 29.1 Å². The molecule has 1 heteroatoms. The lowest BCUT2D eigenvalue weighted by atomic mass is 9.83. The van der Waals surface area contributed by atoms with Crippen LogP contribution in [-0.4, -0.2) is 5.75 Å². The topological polar surface area (TPSA) is 0 Å². The average Bonchev–Trinajstić information content (AvgIpc) is 2.37. The first-order valence-corrected chi connectivity index (χ1v) is 6.87. The summed E-state index contributed by atoms with van der Waals surface area (Å²) in [5, 5.41) is 0. The molecule has 0 saturated carbocycles. The molecule has 1 aliphatic rings. The quantitative estimate of drug-likeness (QED) is 0.609. The van der Waals surface area contributed by atoms with Gasteiger partial charge in [0.2, 0.25) is 0 Å². The largest absolute Gasteiger partial charge is 0.126 e. The van der Waals surface area contributed by atoms with Crippen molar-refractivity contribution in [3.05, 3.63) is 29.8 Å². The van der Waals surface area contributed by atoms with Crippen LogP contribution in [0.1, 0.15) is 39.7 Å². The summed E-state index contributed by atoms with van der Waals surface area (Å²) in [5.74, 6) is 1.27. The molecule has 1 aliphatic heterocycles. The Morgan fingerprint density at radius 1 is 1.13 bits per heavy atom. The average molecular weight is 222 g/mol. The van der Waals surface area contributed by atoms with E-state index < -0.39 is 0 Å². The summed E-state index contributed by atoms with van der Waals surface area (Å²) in [5.41, 5.74) is 2.02. The second-order valence-electron chi connectivity index (χ2n) is 4.55. The maximum atomic E-state index is 2.37.